The predicted octanol–water partition coefficient (Wildman–Crippen LogP) is 1.87. The number of rotatable bonds is 3. The number of anilines is 1. The lowest BCUT2D eigenvalue weighted by molar-refractivity contribution is -0.117. The van der Waals surface area contributed by atoms with Crippen molar-refractivity contribution in [3.63, 3.8) is 0 Å². The van der Waals surface area contributed by atoms with Gasteiger partial charge in [0.1, 0.15) is 10.9 Å². The summed E-state index contributed by atoms with van der Waals surface area (Å²) in [6.45, 7) is 0.984. The van der Waals surface area contributed by atoms with Crippen molar-refractivity contribution < 1.29 is 27.4 Å². The van der Waals surface area contributed by atoms with Crippen molar-refractivity contribution in [2.24, 2.45) is 0 Å². The van der Waals surface area contributed by atoms with E-state index in [0.29, 0.717) is 17.2 Å². The smallest absolute Gasteiger partial charge is 0.322 e. The van der Waals surface area contributed by atoms with E-state index in [1.165, 1.54) is 0 Å². The maximum Gasteiger partial charge on any atom is 0.322 e. The number of amides is 2. The highest BCUT2D eigenvalue weighted by atomic mass is 32.2. The third-order valence-corrected chi connectivity index (χ3v) is 8.57. The number of hydrogen-bond donors (Lipinski definition) is 1. The van der Waals surface area contributed by atoms with Crippen molar-refractivity contribution in [1.29, 1.82) is 0 Å². The zero-order valence-electron chi connectivity index (χ0n) is 17.6. The van der Waals surface area contributed by atoms with Gasteiger partial charge in [-0.05, 0) is 24.3 Å². The number of likely N-dealkylation sites (tertiary alicyclic amines) is 1. The Balaban J connectivity index is 1.08. The van der Waals surface area contributed by atoms with Gasteiger partial charge in [0.25, 0.3) is 0 Å². The topological polar surface area (TPSA) is 112 Å². The van der Waals surface area contributed by atoms with Crippen molar-refractivity contribution in [2.45, 2.75) is 17.4 Å². The molecule has 33 heavy (non-hydrogen) atoms. The Morgan fingerprint density at radius 2 is 1.97 bits per heavy atom. The molecule has 4 heterocycles. The molecule has 11 heteroatoms. The first-order valence-corrected chi connectivity index (χ1v) is 12.3. The van der Waals surface area contributed by atoms with Crippen LogP contribution in [-0.4, -0.2) is 72.0 Å². The van der Waals surface area contributed by atoms with E-state index in [9.17, 15) is 13.2 Å². The summed E-state index contributed by atoms with van der Waals surface area (Å²) in [5, 5.41) is 2.15. The SMILES string of the molecule is O=C(Nc1ccc2c(c1)OCO2)N1CC2(C1)CS(=O)(=O)[C@@H](Cn1cnc3ccccc31)CO2. The summed E-state index contributed by atoms with van der Waals surface area (Å²) in [5.74, 6) is 1.10. The molecule has 172 valence electrons. The Labute approximate surface area is 190 Å². The summed E-state index contributed by atoms with van der Waals surface area (Å²) in [6.07, 6.45) is 1.66. The van der Waals surface area contributed by atoms with Gasteiger partial charge in [-0.2, -0.15) is 0 Å². The summed E-state index contributed by atoms with van der Waals surface area (Å²) < 4.78 is 44.6. The van der Waals surface area contributed by atoms with Gasteiger partial charge in [-0.25, -0.2) is 18.2 Å². The fourth-order valence-corrected chi connectivity index (χ4v) is 6.49. The molecule has 2 amide bonds. The number of imidazole rings is 1. The molecule has 0 aliphatic carbocycles. The third kappa shape index (κ3) is 3.57. The van der Waals surface area contributed by atoms with Gasteiger partial charge in [-0.15, -0.1) is 0 Å². The number of nitrogens with one attached hydrogen (secondary N) is 1. The number of carbonyl (C=O) groups is 1. The van der Waals surface area contributed by atoms with Crippen molar-refractivity contribution >= 4 is 32.6 Å². The minimum absolute atomic E-state index is 0.0897. The van der Waals surface area contributed by atoms with Crippen LogP contribution in [0.4, 0.5) is 10.5 Å². The molecule has 2 fully saturated rings. The molecule has 0 unspecified atom stereocenters. The van der Waals surface area contributed by atoms with E-state index in [1.54, 1.807) is 29.4 Å². The van der Waals surface area contributed by atoms with E-state index in [-0.39, 0.29) is 44.8 Å². The van der Waals surface area contributed by atoms with Crippen molar-refractivity contribution in [3.8, 4) is 11.5 Å². The van der Waals surface area contributed by atoms with E-state index in [1.807, 2.05) is 28.8 Å². The van der Waals surface area contributed by atoms with Gasteiger partial charge in [-0.3, -0.25) is 0 Å². The van der Waals surface area contributed by atoms with Crippen molar-refractivity contribution in [1.82, 2.24) is 14.5 Å². The molecule has 2 aromatic carbocycles. The number of benzene rings is 2. The summed E-state index contributed by atoms with van der Waals surface area (Å²) in [6, 6.07) is 12.5. The third-order valence-electron chi connectivity index (χ3n) is 6.34. The van der Waals surface area contributed by atoms with Gasteiger partial charge in [0.05, 0.1) is 42.8 Å². The number of ether oxygens (including phenoxy) is 3. The van der Waals surface area contributed by atoms with E-state index < -0.39 is 20.7 Å². The van der Waals surface area contributed by atoms with Crippen LogP contribution in [0.25, 0.3) is 11.0 Å². The molecule has 3 aliphatic heterocycles. The number of carbonyl (C=O) groups excluding carboxylic acids is 1. The average Bonchev–Trinajstić information content (AvgIpc) is 3.40. The standard InChI is InChI=1S/C22H22N4O6S/c27-21(24-15-5-6-19-20(7-15)31-14-30-19)26-10-22(11-26)12-33(28,29)16(9-32-22)8-25-13-23-17-3-1-2-4-18(17)25/h1-7,13,16H,8-12,14H2,(H,24,27)/t16-/m0/s1. The van der Waals surface area contributed by atoms with Crippen LogP contribution in [0, 0.1) is 0 Å². The van der Waals surface area contributed by atoms with Crippen LogP contribution < -0.4 is 14.8 Å². The fourth-order valence-electron chi connectivity index (χ4n) is 4.59. The molecular formula is C22H22N4O6S. The highest BCUT2D eigenvalue weighted by Crippen LogP contribution is 2.36. The summed E-state index contributed by atoms with van der Waals surface area (Å²) in [4.78, 5) is 18.5. The minimum atomic E-state index is -3.41. The number of nitrogens with zero attached hydrogens (tertiary/aromatic N) is 3. The number of para-hydroxylation sites is 2. The van der Waals surface area contributed by atoms with Crippen LogP contribution in [0.15, 0.2) is 48.8 Å². The highest BCUT2D eigenvalue weighted by Gasteiger charge is 2.54. The molecule has 2 saturated heterocycles. The van der Waals surface area contributed by atoms with Crippen molar-refractivity contribution in [3.05, 3.63) is 48.8 Å². The Morgan fingerprint density at radius 1 is 1.15 bits per heavy atom. The molecule has 1 spiro atoms. The molecule has 1 aromatic heterocycles. The molecule has 1 atom stereocenters. The lowest BCUT2D eigenvalue weighted by atomic mass is 9.96. The lowest BCUT2D eigenvalue weighted by Gasteiger charge is -2.51. The summed E-state index contributed by atoms with van der Waals surface area (Å²) in [7, 11) is -3.41. The Bertz CT molecular complexity index is 1350. The molecule has 6 rings (SSSR count). The summed E-state index contributed by atoms with van der Waals surface area (Å²) in [5.41, 5.74) is 1.45. The second kappa shape index (κ2) is 7.35. The van der Waals surface area contributed by atoms with Crippen molar-refractivity contribution in [2.75, 3.05) is 37.6 Å². The lowest BCUT2D eigenvalue weighted by Crippen LogP contribution is -2.71. The normalized spacial score (nSPS) is 22.3. The van der Waals surface area contributed by atoms with E-state index in [4.69, 9.17) is 14.2 Å². The number of sulfone groups is 1. The Morgan fingerprint density at radius 3 is 2.82 bits per heavy atom. The van der Waals surface area contributed by atoms with Crippen LogP contribution in [0.3, 0.4) is 0 Å². The predicted molar refractivity (Wildman–Crippen MR) is 119 cm³/mol. The van der Waals surface area contributed by atoms with E-state index in [2.05, 4.69) is 10.3 Å². The molecule has 10 nitrogen and oxygen atoms in total. The largest absolute Gasteiger partial charge is 0.454 e. The van der Waals surface area contributed by atoms with Crippen LogP contribution in [-0.2, 0) is 21.1 Å². The molecule has 0 radical (unpaired) electrons. The number of aromatic nitrogens is 2. The van der Waals surface area contributed by atoms with Gasteiger partial charge >= 0.3 is 6.03 Å². The maximum absolute atomic E-state index is 13.1. The minimum Gasteiger partial charge on any atom is -0.454 e. The van der Waals surface area contributed by atoms with E-state index >= 15 is 0 Å². The molecule has 3 aromatic rings. The zero-order chi connectivity index (χ0) is 22.6. The van der Waals surface area contributed by atoms with Gasteiger partial charge in [0.2, 0.25) is 6.79 Å². The first kappa shape index (κ1) is 20.3. The molecule has 0 bridgehead atoms. The van der Waals surface area contributed by atoms with Crippen LogP contribution in [0.5, 0.6) is 11.5 Å². The Hall–Kier alpha value is -3.31. The number of hydrogen-bond acceptors (Lipinski definition) is 7. The molecular weight excluding hydrogens is 448 g/mol. The maximum atomic E-state index is 13.1. The second-order valence-corrected chi connectivity index (χ2v) is 10.9. The number of fused-ring (bicyclic) bond motifs is 2. The fraction of sp³-hybridized carbons (Fsp3) is 0.364. The average molecular weight is 471 g/mol. The Kier molecular flexibility index (Phi) is 4.53. The van der Waals surface area contributed by atoms with Crippen LogP contribution in [0.2, 0.25) is 0 Å². The van der Waals surface area contributed by atoms with Gasteiger partial charge in [-0.1, -0.05) is 12.1 Å². The zero-order valence-corrected chi connectivity index (χ0v) is 18.5. The second-order valence-electron chi connectivity index (χ2n) is 8.66. The molecule has 0 saturated carbocycles. The monoisotopic (exact) mass is 470 g/mol. The van der Waals surface area contributed by atoms with E-state index in [0.717, 1.165) is 11.0 Å². The van der Waals surface area contributed by atoms with Crippen LogP contribution >= 0.6 is 0 Å². The van der Waals surface area contributed by atoms with Gasteiger partial charge in [0.15, 0.2) is 21.3 Å². The highest BCUT2D eigenvalue weighted by molar-refractivity contribution is 7.92. The molecule has 3 aliphatic rings. The number of urea groups is 1. The van der Waals surface area contributed by atoms with Crippen LogP contribution in [0.1, 0.15) is 0 Å². The van der Waals surface area contributed by atoms with Gasteiger partial charge < -0.3 is 29.0 Å². The first-order valence-electron chi connectivity index (χ1n) is 10.6. The summed E-state index contributed by atoms with van der Waals surface area (Å²) >= 11 is 0. The quantitative estimate of drug-likeness (QED) is 0.622. The van der Waals surface area contributed by atoms with Gasteiger partial charge in [0, 0.05) is 18.3 Å². The first-order chi connectivity index (χ1) is 15.9. The molecule has 1 N–H and O–H groups in total.